The summed E-state index contributed by atoms with van der Waals surface area (Å²) in [6, 6.07) is 14.7. The number of rotatable bonds is 7. The highest BCUT2D eigenvalue weighted by atomic mass is 32.1. The van der Waals surface area contributed by atoms with Crippen LogP contribution in [0.25, 0.3) is 10.4 Å². The number of amides is 2. The number of aromatic nitrogens is 1. The van der Waals surface area contributed by atoms with E-state index < -0.39 is 0 Å². The molecule has 2 heterocycles. The Morgan fingerprint density at radius 1 is 1.05 bits per heavy atom. The molecule has 1 aliphatic heterocycles. The van der Waals surface area contributed by atoms with Crippen LogP contribution in [0.3, 0.4) is 0 Å². The minimum absolute atomic E-state index is 0.0284. The molecule has 0 bridgehead atoms. The first-order valence-electron chi connectivity index (χ1n) is 12.7. The molecular weight excluding hydrogens is 488 g/mol. The van der Waals surface area contributed by atoms with Gasteiger partial charge in [-0.1, -0.05) is 12.1 Å². The van der Waals surface area contributed by atoms with Crippen LogP contribution in [0, 0.1) is 12.8 Å². The SMILES string of the molecule is Cc1nsc(-c2ccc(O[C@H]3CCC[C@H](C(=O)OC(C)C)C3)cc2)c1CN1C(=O)c2ccccc2C1=O. The van der Waals surface area contributed by atoms with E-state index in [9.17, 15) is 14.4 Å². The summed E-state index contributed by atoms with van der Waals surface area (Å²) in [5, 5.41) is 0. The number of ether oxygens (including phenoxy) is 2. The Bertz CT molecular complexity index is 1300. The largest absolute Gasteiger partial charge is 0.490 e. The molecule has 1 aromatic heterocycles. The van der Waals surface area contributed by atoms with E-state index in [0.29, 0.717) is 17.5 Å². The van der Waals surface area contributed by atoms with Gasteiger partial charge in [0.15, 0.2) is 0 Å². The number of hydrogen-bond acceptors (Lipinski definition) is 7. The molecule has 192 valence electrons. The molecular formula is C29H30N2O5S. The zero-order valence-corrected chi connectivity index (χ0v) is 22.0. The Morgan fingerprint density at radius 2 is 1.73 bits per heavy atom. The fourth-order valence-corrected chi connectivity index (χ4v) is 5.92. The van der Waals surface area contributed by atoms with Crippen LogP contribution in [0.4, 0.5) is 0 Å². The summed E-state index contributed by atoms with van der Waals surface area (Å²) in [6.45, 7) is 5.81. The van der Waals surface area contributed by atoms with Crippen molar-refractivity contribution in [1.29, 1.82) is 0 Å². The maximum absolute atomic E-state index is 12.9. The number of imide groups is 1. The van der Waals surface area contributed by atoms with Crippen LogP contribution < -0.4 is 4.74 Å². The first-order chi connectivity index (χ1) is 17.8. The van der Waals surface area contributed by atoms with Crippen molar-refractivity contribution in [2.45, 2.75) is 65.2 Å². The third-order valence-corrected chi connectivity index (χ3v) is 7.94. The monoisotopic (exact) mass is 518 g/mol. The van der Waals surface area contributed by atoms with Gasteiger partial charge in [0.25, 0.3) is 11.8 Å². The average Bonchev–Trinajstić information content (AvgIpc) is 3.37. The minimum Gasteiger partial charge on any atom is -0.490 e. The molecule has 1 saturated carbocycles. The Hall–Kier alpha value is -3.52. The van der Waals surface area contributed by atoms with Crippen LogP contribution in [-0.4, -0.2) is 39.3 Å². The number of aryl methyl sites for hydroxylation is 1. The van der Waals surface area contributed by atoms with E-state index >= 15 is 0 Å². The number of esters is 1. The second-order valence-corrected chi connectivity index (χ2v) is 10.7. The summed E-state index contributed by atoms with van der Waals surface area (Å²) in [5.41, 5.74) is 3.51. The van der Waals surface area contributed by atoms with Gasteiger partial charge < -0.3 is 9.47 Å². The molecule has 0 saturated heterocycles. The molecule has 1 fully saturated rings. The molecule has 0 unspecified atom stereocenters. The summed E-state index contributed by atoms with van der Waals surface area (Å²) >= 11 is 1.36. The zero-order chi connectivity index (χ0) is 26.1. The number of fused-ring (bicyclic) bond motifs is 1. The molecule has 1 aliphatic carbocycles. The van der Waals surface area contributed by atoms with E-state index in [-0.39, 0.29) is 42.5 Å². The maximum Gasteiger partial charge on any atom is 0.309 e. The van der Waals surface area contributed by atoms with Crippen molar-refractivity contribution in [2.75, 3.05) is 0 Å². The molecule has 37 heavy (non-hydrogen) atoms. The third-order valence-electron chi connectivity index (χ3n) is 6.91. The van der Waals surface area contributed by atoms with E-state index in [4.69, 9.17) is 9.47 Å². The highest BCUT2D eigenvalue weighted by Gasteiger charge is 2.36. The van der Waals surface area contributed by atoms with E-state index in [1.807, 2.05) is 45.0 Å². The smallest absolute Gasteiger partial charge is 0.309 e. The first-order valence-corrected chi connectivity index (χ1v) is 13.5. The third kappa shape index (κ3) is 5.16. The molecule has 2 aromatic carbocycles. The Balaban J connectivity index is 1.28. The second-order valence-electron chi connectivity index (χ2n) is 9.93. The Labute approximate surface area is 220 Å². The Morgan fingerprint density at radius 3 is 2.38 bits per heavy atom. The fourth-order valence-electron chi connectivity index (χ4n) is 5.01. The fraction of sp³-hybridized carbons (Fsp3) is 0.379. The van der Waals surface area contributed by atoms with E-state index in [0.717, 1.165) is 46.7 Å². The molecule has 5 rings (SSSR count). The topological polar surface area (TPSA) is 85.8 Å². The maximum atomic E-state index is 12.9. The van der Waals surface area contributed by atoms with Gasteiger partial charge in [-0.3, -0.25) is 19.3 Å². The van der Waals surface area contributed by atoms with Gasteiger partial charge >= 0.3 is 5.97 Å². The lowest BCUT2D eigenvalue weighted by atomic mass is 9.87. The van der Waals surface area contributed by atoms with Crippen molar-refractivity contribution in [3.05, 3.63) is 70.9 Å². The Kier molecular flexibility index (Phi) is 7.11. The molecule has 2 amide bonds. The van der Waals surface area contributed by atoms with Gasteiger partial charge in [0, 0.05) is 5.56 Å². The molecule has 0 spiro atoms. The quantitative estimate of drug-likeness (QED) is 0.290. The van der Waals surface area contributed by atoms with Crippen molar-refractivity contribution >= 4 is 29.3 Å². The summed E-state index contributed by atoms with van der Waals surface area (Å²) < 4.78 is 16.1. The van der Waals surface area contributed by atoms with Crippen molar-refractivity contribution in [3.8, 4) is 16.2 Å². The first kappa shape index (κ1) is 25.1. The van der Waals surface area contributed by atoms with Gasteiger partial charge in [-0.05, 0) is 99.9 Å². The lowest BCUT2D eigenvalue weighted by molar-refractivity contribution is -0.154. The second kappa shape index (κ2) is 10.5. The molecule has 7 nitrogen and oxygen atoms in total. The van der Waals surface area contributed by atoms with Crippen LogP contribution in [0.5, 0.6) is 5.75 Å². The van der Waals surface area contributed by atoms with Gasteiger partial charge in [-0.15, -0.1) is 0 Å². The van der Waals surface area contributed by atoms with Crippen molar-refractivity contribution in [1.82, 2.24) is 9.27 Å². The number of hydrogen-bond donors (Lipinski definition) is 0. The van der Waals surface area contributed by atoms with Crippen LogP contribution in [0.15, 0.2) is 48.5 Å². The molecule has 2 aliphatic rings. The number of carbonyl (C=O) groups excluding carboxylic acids is 3. The molecule has 0 N–H and O–H groups in total. The van der Waals surface area contributed by atoms with Crippen molar-refractivity contribution in [3.63, 3.8) is 0 Å². The van der Waals surface area contributed by atoms with E-state index in [1.54, 1.807) is 24.3 Å². The highest BCUT2D eigenvalue weighted by Crippen LogP contribution is 2.35. The summed E-state index contributed by atoms with van der Waals surface area (Å²) in [6.07, 6.45) is 3.20. The highest BCUT2D eigenvalue weighted by molar-refractivity contribution is 7.09. The van der Waals surface area contributed by atoms with Crippen LogP contribution in [0.2, 0.25) is 0 Å². The van der Waals surface area contributed by atoms with Crippen LogP contribution in [-0.2, 0) is 16.1 Å². The number of nitrogens with zero attached hydrogens (tertiary/aromatic N) is 2. The van der Waals surface area contributed by atoms with Gasteiger partial charge in [0.05, 0.1) is 46.4 Å². The lowest BCUT2D eigenvalue weighted by Gasteiger charge is -2.29. The molecule has 0 radical (unpaired) electrons. The minimum atomic E-state index is -0.274. The standard InChI is InChI=1S/C29H30N2O5S/c1-17(2)35-29(34)20-7-6-8-22(15-20)36-21-13-11-19(12-14-21)26-25(18(3)30-37-26)16-31-27(32)23-9-4-5-10-24(23)28(31)33/h4-5,9-14,17,20,22H,6-8,15-16H2,1-3H3/t20-,22-/m0/s1. The predicted molar refractivity (Wildman–Crippen MR) is 141 cm³/mol. The average molecular weight is 519 g/mol. The molecule has 3 aromatic rings. The van der Waals surface area contributed by atoms with Gasteiger partial charge in [-0.25, -0.2) is 0 Å². The van der Waals surface area contributed by atoms with Gasteiger partial charge in [-0.2, -0.15) is 4.37 Å². The molecule has 2 atom stereocenters. The summed E-state index contributed by atoms with van der Waals surface area (Å²) in [4.78, 5) is 40.3. The predicted octanol–water partition coefficient (Wildman–Crippen LogP) is 5.80. The van der Waals surface area contributed by atoms with E-state index in [2.05, 4.69) is 4.37 Å². The van der Waals surface area contributed by atoms with Gasteiger partial charge in [0.1, 0.15) is 5.75 Å². The summed E-state index contributed by atoms with van der Waals surface area (Å²) in [5.74, 6) is -0.0576. The van der Waals surface area contributed by atoms with Crippen LogP contribution in [0.1, 0.15) is 71.5 Å². The van der Waals surface area contributed by atoms with Crippen LogP contribution >= 0.6 is 11.5 Å². The zero-order valence-electron chi connectivity index (χ0n) is 21.2. The van der Waals surface area contributed by atoms with Gasteiger partial charge in [0.2, 0.25) is 0 Å². The summed E-state index contributed by atoms with van der Waals surface area (Å²) in [7, 11) is 0. The lowest BCUT2D eigenvalue weighted by Crippen LogP contribution is -2.31. The number of benzene rings is 2. The van der Waals surface area contributed by atoms with E-state index in [1.165, 1.54) is 16.4 Å². The van der Waals surface area contributed by atoms with Crippen molar-refractivity contribution < 1.29 is 23.9 Å². The normalized spacial score (nSPS) is 19.3. The van der Waals surface area contributed by atoms with Crippen molar-refractivity contribution in [2.24, 2.45) is 5.92 Å². The number of carbonyl (C=O) groups is 3. The molecule has 8 heteroatoms.